The van der Waals surface area contributed by atoms with E-state index in [9.17, 15) is 0 Å². The molecular formula is C15H25N5. The van der Waals surface area contributed by atoms with Crippen molar-refractivity contribution in [1.82, 2.24) is 24.9 Å². The number of rotatable bonds is 7. The molecule has 0 amide bonds. The molecule has 0 aliphatic heterocycles. The van der Waals surface area contributed by atoms with Gasteiger partial charge >= 0.3 is 0 Å². The van der Waals surface area contributed by atoms with Gasteiger partial charge in [0.25, 0.3) is 0 Å². The van der Waals surface area contributed by atoms with Crippen molar-refractivity contribution in [3.63, 3.8) is 0 Å². The zero-order valence-corrected chi connectivity index (χ0v) is 12.9. The maximum Gasteiger partial charge on any atom is 0.0828 e. The van der Waals surface area contributed by atoms with Gasteiger partial charge in [-0.2, -0.15) is 10.2 Å². The second kappa shape index (κ2) is 6.70. The van der Waals surface area contributed by atoms with Crippen molar-refractivity contribution >= 4 is 0 Å². The maximum absolute atomic E-state index is 4.60. The van der Waals surface area contributed by atoms with Crippen LogP contribution in [0.5, 0.6) is 0 Å². The third-order valence-corrected chi connectivity index (χ3v) is 3.29. The lowest BCUT2D eigenvalue weighted by Crippen LogP contribution is -2.22. The normalized spacial score (nSPS) is 11.4. The Morgan fingerprint density at radius 1 is 1.20 bits per heavy atom. The van der Waals surface area contributed by atoms with Gasteiger partial charge < -0.3 is 5.32 Å². The number of hydrogen-bond acceptors (Lipinski definition) is 3. The summed E-state index contributed by atoms with van der Waals surface area (Å²) in [6.45, 7) is 11.0. The van der Waals surface area contributed by atoms with Gasteiger partial charge in [-0.3, -0.25) is 9.36 Å². The number of aromatic nitrogens is 4. The van der Waals surface area contributed by atoms with Gasteiger partial charge in [0.1, 0.15) is 0 Å². The highest BCUT2D eigenvalue weighted by Gasteiger charge is 2.07. The molecule has 0 aromatic carbocycles. The van der Waals surface area contributed by atoms with Gasteiger partial charge in [0.2, 0.25) is 0 Å². The molecule has 5 heteroatoms. The number of aryl methyl sites for hydroxylation is 2. The predicted octanol–water partition coefficient (Wildman–Crippen LogP) is 2.21. The highest BCUT2D eigenvalue weighted by atomic mass is 15.3. The summed E-state index contributed by atoms with van der Waals surface area (Å²) >= 11 is 0. The Morgan fingerprint density at radius 3 is 2.65 bits per heavy atom. The molecule has 0 aliphatic rings. The quantitative estimate of drug-likeness (QED) is 0.843. The fourth-order valence-corrected chi connectivity index (χ4v) is 2.15. The van der Waals surface area contributed by atoms with Crippen LogP contribution in [0.25, 0.3) is 0 Å². The zero-order chi connectivity index (χ0) is 14.5. The van der Waals surface area contributed by atoms with Crippen LogP contribution in [-0.4, -0.2) is 25.6 Å². The molecule has 2 aromatic rings. The van der Waals surface area contributed by atoms with E-state index in [0.29, 0.717) is 6.04 Å². The fourth-order valence-electron chi connectivity index (χ4n) is 2.15. The lowest BCUT2D eigenvalue weighted by molar-refractivity contribution is 0.553. The van der Waals surface area contributed by atoms with Crippen LogP contribution in [-0.2, 0) is 26.1 Å². The van der Waals surface area contributed by atoms with Crippen LogP contribution >= 0.6 is 0 Å². The SMILES string of the molecule is CCc1cc(Cn2ccc(CNC(C)C)n2)n(CC)n1. The van der Waals surface area contributed by atoms with E-state index in [1.54, 1.807) is 0 Å². The second-order valence-corrected chi connectivity index (χ2v) is 5.34. The summed E-state index contributed by atoms with van der Waals surface area (Å²) in [7, 11) is 0. The van der Waals surface area contributed by atoms with Crippen molar-refractivity contribution in [3.8, 4) is 0 Å². The first-order valence-corrected chi connectivity index (χ1v) is 7.43. The van der Waals surface area contributed by atoms with Crippen molar-refractivity contribution in [3.05, 3.63) is 35.4 Å². The number of nitrogens with one attached hydrogen (secondary N) is 1. The second-order valence-electron chi connectivity index (χ2n) is 5.34. The minimum absolute atomic E-state index is 0.480. The molecule has 2 aromatic heterocycles. The van der Waals surface area contributed by atoms with Crippen molar-refractivity contribution in [1.29, 1.82) is 0 Å². The molecule has 0 spiro atoms. The van der Waals surface area contributed by atoms with Crippen LogP contribution in [0.4, 0.5) is 0 Å². The van der Waals surface area contributed by atoms with Crippen molar-refractivity contribution in [2.45, 2.75) is 59.8 Å². The van der Waals surface area contributed by atoms with Gasteiger partial charge in [-0.1, -0.05) is 20.8 Å². The summed E-state index contributed by atoms with van der Waals surface area (Å²) in [4.78, 5) is 0. The molecule has 2 heterocycles. The van der Waals surface area contributed by atoms with Gasteiger partial charge in [0.05, 0.1) is 23.6 Å². The van der Waals surface area contributed by atoms with Crippen molar-refractivity contribution < 1.29 is 0 Å². The van der Waals surface area contributed by atoms with E-state index in [4.69, 9.17) is 0 Å². The Balaban J connectivity index is 2.04. The molecule has 0 unspecified atom stereocenters. The molecule has 0 saturated heterocycles. The van der Waals surface area contributed by atoms with Gasteiger partial charge in [0.15, 0.2) is 0 Å². The molecule has 5 nitrogen and oxygen atoms in total. The topological polar surface area (TPSA) is 47.7 Å². The van der Waals surface area contributed by atoms with E-state index in [2.05, 4.69) is 60.0 Å². The molecule has 0 fully saturated rings. The van der Waals surface area contributed by atoms with Crippen LogP contribution in [0.1, 0.15) is 44.8 Å². The lowest BCUT2D eigenvalue weighted by Gasteiger charge is -2.06. The van der Waals surface area contributed by atoms with Crippen LogP contribution in [0.15, 0.2) is 18.3 Å². The average molecular weight is 275 g/mol. The highest BCUT2D eigenvalue weighted by molar-refractivity contribution is 5.11. The summed E-state index contributed by atoms with van der Waals surface area (Å²) in [6, 6.07) is 4.73. The lowest BCUT2D eigenvalue weighted by atomic mass is 10.3. The number of hydrogen-bond donors (Lipinski definition) is 1. The van der Waals surface area contributed by atoms with E-state index in [0.717, 1.165) is 37.4 Å². The molecule has 0 aliphatic carbocycles. The van der Waals surface area contributed by atoms with E-state index >= 15 is 0 Å². The van der Waals surface area contributed by atoms with E-state index in [1.165, 1.54) is 5.69 Å². The summed E-state index contributed by atoms with van der Waals surface area (Å²) in [5, 5.41) is 12.6. The Labute approximate surface area is 121 Å². The van der Waals surface area contributed by atoms with Gasteiger partial charge in [-0.25, -0.2) is 0 Å². The monoisotopic (exact) mass is 275 g/mol. The summed E-state index contributed by atoms with van der Waals surface area (Å²) in [5.41, 5.74) is 3.45. The first-order valence-electron chi connectivity index (χ1n) is 7.43. The molecule has 20 heavy (non-hydrogen) atoms. The van der Waals surface area contributed by atoms with Crippen LogP contribution in [0, 0.1) is 0 Å². The van der Waals surface area contributed by atoms with E-state index in [1.807, 2.05) is 10.9 Å². The Morgan fingerprint density at radius 2 is 2.00 bits per heavy atom. The maximum atomic E-state index is 4.60. The summed E-state index contributed by atoms with van der Waals surface area (Å²) in [5.74, 6) is 0. The molecule has 0 radical (unpaired) electrons. The average Bonchev–Trinajstić information content (AvgIpc) is 3.03. The predicted molar refractivity (Wildman–Crippen MR) is 80.6 cm³/mol. The summed E-state index contributed by atoms with van der Waals surface area (Å²) < 4.78 is 4.05. The molecule has 1 N–H and O–H groups in total. The van der Waals surface area contributed by atoms with Crippen LogP contribution < -0.4 is 5.32 Å². The smallest absolute Gasteiger partial charge is 0.0828 e. The van der Waals surface area contributed by atoms with Crippen molar-refractivity contribution in [2.24, 2.45) is 0 Å². The molecule has 0 saturated carbocycles. The van der Waals surface area contributed by atoms with Gasteiger partial charge in [-0.05, 0) is 25.5 Å². The van der Waals surface area contributed by atoms with Crippen molar-refractivity contribution in [2.75, 3.05) is 0 Å². The van der Waals surface area contributed by atoms with E-state index in [-0.39, 0.29) is 0 Å². The molecule has 0 atom stereocenters. The standard InChI is InChI=1S/C15H25N5/c1-5-13-9-15(20(6-2)18-13)11-19-8-7-14(17-19)10-16-12(3)4/h7-9,12,16H,5-6,10-11H2,1-4H3. The Hall–Kier alpha value is -1.62. The van der Waals surface area contributed by atoms with Gasteiger partial charge in [0, 0.05) is 25.3 Å². The third kappa shape index (κ3) is 3.70. The molecule has 2 rings (SSSR count). The van der Waals surface area contributed by atoms with E-state index < -0.39 is 0 Å². The Kier molecular flexibility index (Phi) is 4.95. The largest absolute Gasteiger partial charge is 0.309 e. The number of nitrogens with zero attached hydrogens (tertiary/aromatic N) is 4. The fraction of sp³-hybridized carbons (Fsp3) is 0.600. The van der Waals surface area contributed by atoms with Crippen LogP contribution in [0.3, 0.4) is 0 Å². The Bertz CT molecular complexity index is 538. The van der Waals surface area contributed by atoms with Crippen LogP contribution in [0.2, 0.25) is 0 Å². The first-order chi connectivity index (χ1) is 9.62. The third-order valence-electron chi connectivity index (χ3n) is 3.29. The minimum atomic E-state index is 0.480. The minimum Gasteiger partial charge on any atom is -0.309 e. The highest BCUT2D eigenvalue weighted by Crippen LogP contribution is 2.08. The summed E-state index contributed by atoms with van der Waals surface area (Å²) in [6.07, 6.45) is 3.01. The molecule has 0 bridgehead atoms. The molecule has 110 valence electrons. The first kappa shape index (κ1) is 14.8. The molecular weight excluding hydrogens is 250 g/mol. The van der Waals surface area contributed by atoms with Gasteiger partial charge in [-0.15, -0.1) is 0 Å². The zero-order valence-electron chi connectivity index (χ0n) is 12.9.